The molecule has 0 aliphatic heterocycles. The second kappa shape index (κ2) is 8.30. The molecule has 106 valence electrons. The lowest BCUT2D eigenvalue weighted by molar-refractivity contribution is -0.130. The van der Waals surface area contributed by atoms with E-state index in [1.165, 1.54) is 5.56 Å². The van der Waals surface area contributed by atoms with E-state index in [2.05, 4.69) is 22.0 Å². The zero-order valence-electron chi connectivity index (χ0n) is 11.6. The maximum Gasteiger partial charge on any atom is 0.236 e. The zero-order valence-corrected chi connectivity index (χ0v) is 13.2. The lowest BCUT2D eigenvalue weighted by Gasteiger charge is -2.22. The lowest BCUT2D eigenvalue weighted by atomic mass is 10.2. The molecule has 0 bridgehead atoms. The summed E-state index contributed by atoms with van der Waals surface area (Å²) in [5.74, 6) is 0.128. The van der Waals surface area contributed by atoms with Crippen LogP contribution in [0.1, 0.15) is 12.0 Å². The van der Waals surface area contributed by atoms with E-state index in [4.69, 9.17) is 5.73 Å². The van der Waals surface area contributed by atoms with Crippen molar-refractivity contribution in [1.82, 2.24) is 9.80 Å². The molecule has 0 saturated heterocycles. The first-order chi connectivity index (χ1) is 9.04. The van der Waals surface area contributed by atoms with Gasteiger partial charge >= 0.3 is 0 Å². The second-order valence-corrected chi connectivity index (χ2v) is 5.58. The van der Waals surface area contributed by atoms with Gasteiger partial charge in [-0.15, -0.1) is 0 Å². The Morgan fingerprint density at radius 1 is 1.32 bits per heavy atom. The van der Waals surface area contributed by atoms with Gasteiger partial charge in [0.1, 0.15) is 0 Å². The standard InChI is InChI=1S/C14H22BrN3O/c1-17(10-12-6-3-4-7-13(12)15)11-14(19)18(2)9-5-8-16/h3-4,6-7H,5,8-11,16H2,1-2H3. The van der Waals surface area contributed by atoms with Crippen molar-refractivity contribution in [3.8, 4) is 0 Å². The third kappa shape index (κ3) is 5.72. The van der Waals surface area contributed by atoms with Gasteiger partial charge < -0.3 is 10.6 Å². The minimum absolute atomic E-state index is 0.128. The van der Waals surface area contributed by atoms with Crippen LogP contribution in [0.15, 0.2) is 28.7 Å². The summed E-state index contributed by atoms with van der Waals surface area (Å²) in [4.78, 5) is 15.7. The van der Waals surface area contributed by atoms with Gasteiger partial charge in [0.25, 0.3) is 0 Å². The fraction of sp³-hybridized carbons (Fsp3) is 0.500. The normalized spacial score (nSPS) is 10.8. The molecular weight excluding hydrogens is 306 g/mol. The molecule has 0 saturated carbocycles. The number of hydrogen-bond acceptors (Lipinski definition) is 3. The molecule has 4 nitrogen and oxygen atoms in total. The minimum Gasteiger partial charge on any atom is -0.345 e. The number of hydrogen-bond donors (Lipinski definition) is 1. The second-order valence-electron chi connectivity index (χ2n) is 4.72. The summed E-state index contributed by atoms with van der Waals surface area (Å²) in [5.41, 5.74) is 6.63. The van der Waals surface area contributed by atoms with Crippen molar-refractivity contribution in [1.29, 1.82) is 0 Å². The number of carbonyl (C=O) groups excluding carboxylic acids is 1. The molecule has 0 aliphatic rings. The van der Waals surface area contributed by atoms with Crippen LogP contribution in [0.25, 0.3) is 0 Å². The summed E-state index contributed by atoms with van der Waals surface area (Å²) in [6.07, 6.45) is 0.843. The van der Waals surface area contributed by atoms with Crippen molar-refractivity contribution in [3.05, 3.63) is 34.3 Å². The molecule has 0 heterocycles. The molecule has 1 aromatic rings. The Kier molecular flexibility index (Phi) is 7.05. The fourth-order valence-corrected chi connectivity index (χ4v) is 2.19. The molecule has 2 N–H and O–H groups in total. The van der Waals surface area contributed by atoms with Gasteiger partial charge in [0.15, 0.2) is 0 Å². The highest BCUT2D eigenvalue weighted by Gasteiger charge is 2.12. The van der Waals surface area contributed by atoms with Crippen LogP contribution in [0.4, 0.5) is 0 Å². The Bertz CT molecular complexity index is 411. The van der Waals surface area contributed by atoms with Gasteiger partial charge in [0.2, 0.25) is 5.91 Å². The molecule has 0 aliphatic carbocycles. The first-order valence-corrected chi connectivity index (χ1v) is 7.20. The predicted octanol–water partition coefficient (Wildman–Crippen LogP) is 1.69. The molecule has 5 heteroatoms. The molecule has 0 radical (unpaired) electrons. The molecule has 1 aromatic carbocycles. The third-order valence-corrected chi connectivity index (χ3v) is 3.70. The summed E-state index contributed by atoms with van der Waals surface area (Å²) in [6.45, 7) is 2.50. The van der Waals surface area contributed by atoms with Crippen molar-refractivity contribution in [3.63, 3.8) is 0 Å². The Morgan fingerprint density at radius 3 is 2.63 bits per heavy atom. The highest BCUT2D eigenvalue weighted by molar-refractivity contribution is 9.10. The Balaban J connectivity index is 2.45. The van der Waals surface area contributed by atoms with Gasteiger partial charge in [0, 0.05) is 24.6 Å². The Morgan fingerprint density at radius 2 is 2.00 bits per heavy atom. The van der Waals surface area contributed by atoms with Gasteiger partial charge in [-0.1, -0.05) is 34.1 Å². The van der Waals surface area contributed by atoms with Gasteiger partial charge in [0.05, 0.1) is 6.54 Å². The molecule has 0 aromatic heterocycles. The zero-order chi connectivity index (χ0) is 14.3. The van der Waals surface area contributed by atoms with Gasteiger partial charge in [-0.2, -0.15) is 0 Å². The SMILES string of the molecule is CN(CC(=O)N(C)CCCN)Cc1ccccc1Br. The molecule has 1 amide bonds. The van der Waals surface area contributed by atoms with Crippen LogP contribution in [-0.4, -0.2) is 49.4 Å². The number of carbonyl (C=O) groups is 1. The summed E-state index contributed by atoms with van der Waals surface area (Å²) in [6, 6.07) is 8.06. The molecule has 0 fully saturated rings. The van der Waals surface area contributed by atoms with Gasteiger partial charge in [-0.05, 0) is 31.6 Å². The molecule has 0 unspecified atom stereocenters. The average Bonchev–Trinajstić information content (AvgIpc) is 2.38. The number of likely N-dealkylation sites (N-methyl/N-ethyl adjacent to an activating group) is 2. The van der Waals surface area contributed by atoms with E-state index < -0.39 is 0 Å². The molecule has 1 rings (SSSR count). The monoisotopic (exact) mass is 327 g/mol. The summed E-state index contributed by atoms with van der Waals surface area (Å²) in [7, 11) is 3.78. The molecule has 0 spiro atoms. The van der Waals surface area contributed by atoms with Crippen LogP contribution in [0.5, 0.6) is 0 Å². The number of nitrogens with two attached hydrogens (primary N) is 1. The van der Waals surface area contributed by atoms with E-state index in [1.54, 1.807) is 4.90 Å². The van der Waals surface area contributed by atoms with Crippen LogP contribution in [-0.2, 0) is 11.3 Å². The number of amides is 1. The van der Waals surface area contributed by atoms with E-state index in [0.29, 0.717) is 13.1 Å². The smallest absolute Gasteiger partial charge is 0.236 e. The largest absolute Gasteiger partial charge is 0.345 e. The maximum atomic E-state index is 12.0. The first kappa shape index (κ1) is 16.1. The topological polar surface area (TPSA) is 49.6 Å². The molecular formula is C14H22BrN3O. The number of rotatable bonds is 7. The van der Waals surface area contributed by atoms with Crippen LogP contribution in [0.2, 0.25) is 0 Å². The Labute approximate surface area is 123 Å². The van der Waals surface area contributed by atoms with E-state index in [9.17, 15) is 4.79 Å². The highest BCUT2D eigenvalue weighted by atomic mass is 79.9. The Hall–Kier alpha value is -0.910. The maximum absolute atomic E-state index is 12.0. The lowest BCUT2D eigenvalue weighted by Crippen LogP contribution is -2.37. The highest BCUT2D eigenvalue weighted by Crippen LogP contribution is 2.17. The van der Waals surface area contributed by atoms with E-state index in [0.717, 1.165) is 24.0 Å². The summed E-state index contributed by atoms with van der Waals surface area (Å²) < 4.78 is 1.07. The predicted molar refractivity (Wildman–Crippen MR) is 81.8 cm³/mol. The minimum atomic E-state index is 0.128. The van der Waals surface area contributed by atoms with Crippen molar-refractivity contribution in [2.24, 2.45) is 5.73 Å². The van der Waals surface area contributed by atoms with Crippen molar-refractivity contribution >= 4 is 21.8 Å². The number of nitrogens with zero attached hydrogens (tertiary/aromatic N) is 2. The van der Waals surface area contributed by atoms with Crippen LogP contribution >= 0.6 is 15.9 Å². The first-order valence-electron chi connectivity index (χ1n) is 6.40. The number of halogens is 1. The van der Waals surface area contributed by atoms with E-state index >= 15 is 0 Å². The van der Waals surface area contributed by atoms with Crippen LogP contribution in [0.3, 0.4) is 0 Å². The van der Waals surface area contributed by atoms with Crippen molar-refractivity contribution in [2.75, 3.05) is 33.7 Å². The summed E-state index contributed by atoms with van der Waals surface area (Å²) in [5, 5.41) is 0. The third-order valence-electron chi connectivity index (χ3n) is 2.93. The quantitative estimate of drug-likeness (QED) is 0.829. The fourth-order valence-electron chi connectivity index (χ4n) is 1.78. The average molecular weight is 328 g/mol. The summed E-state index contributed by atoms with van der Waals surface area (Å²) >= 11 is 3.52. The molecule has 19 heavy (non-hydrogen) atoms. The van der Waals surface area contributed by atoms with Crippen LogP contribution < -0.4 is 5.73 Å². The number of benzene rings is 1. The van der Waals surface area contributed by atoms with E-state index in [1.807, 2.05) is 37.2 Å². The van der Waals surface area contributed by atoms with Crippen LogP contribution in [0, 0.1) is 0 Å². The van der Waals surface area contributed by atoms with Gasteiger partial charge in [-0.3, -0.25) is 9.69 Å². The van der Waals surface area contributed by atoms with Crippen molar-refractivity contribution in [2.45, 2.75) is 13.0 Å². The van der Waals surface area contributed by atoms with Crippen molar-refractivity contribution < 1.29 is 4.79 Å². The van der Waals surface area contributed by atoms with E-state index in [-0.39, 0.29) is 5.91 Å². The van der Waals surface area contributed by atoms with Gasteiger partial charge in [-0.25, -0.2) is 0 Å². The molecule has 0 atom stereocenters.